The van der Waals surface area contributed by atoms with Gasteiger partial charge in [-0.3, -0.25) is 9.10 Å². The Bertz CT molecular complexity index is 990. The Balaban J connectivity index is 1.59. The average molecular weight is 388 g/mol. The van der Waals surface area contributed by atoms with E-state index in [0.717, 1.165) is 29.1 Å². The number of sulfonamides is 1. The van der Waals surface area contributed by atoms with Gasteiger partial charge >= 0.3 is 0 Å². The zero-order chi connectivity index (χ0) is 19.0. The molecule has 0 radical (unpaired) electrons. The van der Waals surface area contributed by atoms with E-state index in [1.165, 1.54) is 23.8 Å². The van der Waals surface area contributed by atoms with Crippen LogP contribution in [0.5, 0.6) is 0 Å². The highest BCUT2D eigenvalue weighted by Gasteiger charge is 2.31. The Kier molecular flexibility index (Phi) is 4.63. The Morgan fingerprint density at radius 1 is 1.15 bits per heavy atom. The van der Waals surface area contributed by atoms with Crippen LogP contribution in [0.4, 0.5) is 15.8 Å². The molecule has 1 unspecified atom stereocenters. The molecule has 7 heteroatoms. The lowest BCUT2D eigenvalue weighted by atomic mass is 9.82. The molecule has 0 saturated carbocycles. The number of rotatable bonds is 3. The number of anilines is 2. The number of nitrogens with one attached hydrogen (secondary N) is 1. The van der Waals surface area contributed by atoms with Gasteiger partial charge in [0.25, 0.3) is 0 Å². The summed E-state index contributed by atoms with van der Waals surface area (Å²) >= 11 is 0. The quantitative estimate of drug-likeness (QED) is 0.876. The molecular weight excluding hydrogens is 367 g/mol. The van der Waals surface area contributed by atoms with Crippen molar-refractivity contribution in [3.63, 3.8) is 0 Å². The number of benzene rings is 2. The van der Waals surface area contributed by atoms with E-state index in [2.05, 4.69) is 5.32 Å². The molecule has 1 aliphatic heterocycles. The highest BCUT2D eigenvalue weighted by atomic mass is 32.2. The molecule has 1 amide bonds. The smallest absolute Gasteiger partial charge is 0.235 e. The number of amides is 1. The van der Waals surface area contributed by atoms with Crippen LogP contribution >= 0.6 is 0 Å². The molecule has 1 N–H and O–H groups in total. The van der Waals surface area contributed by atoms with Gasteiger partial charge in [0, 0.05) is 12.2 Å². The monoisotopic (exact) mass is 388 g/mol. The summed E-state index contributed by atoms with van der Waals surface area (Å²) in [7, 11) is -3.49. The van der Waals surface area contributed by atoms with Crippen LogP contribution in [0.2, 0.25) is 0 Å². The molecule has 0 aromatic heterocycles. The molecule has 0 spiro atoms. The maximum Gasteiger partial charge on any atom is 0.235 e. The minimum atomic E-state index is -3.49. The lowest BCUT2D eigenvalue weighted by Crippen LogP contribution is -2.27. The van der Waals surface area contributed by atoms with Crippen molar-refractivity contribution in [3.8, 4) is 0 Å². The van der Waals surface area contributed by atoms with Crippen LogP contribution in [0.3, 0.4) is 0 Å². The summed E-state index contributed by atoms with van der Waals surface area (Å²) in [5.74, 6) is -0.994. The molecule has 27 heavy (non-hydrogen) atoms. The fraction of sp³-hybridized carbons (Fsp3) is 0.350. The third-order valence-corrected chi connectivity index (χ3v) is 7.12. The van der Waals surface area contributed by atoms with E-state index in [0.29, 0.717) is 12.1 Å². The molecule has 1 saturated heterocycles. The number of hydrogen-bond donors (Lipinski definition) is 1. The van der Waals surface area contributed by atoms with Gasteiger partial charge in [-0.25, -0.2) is 12.8 Å². The number of hydrogen-bond acceptors (Lipinski definition) is 3. The third-order valence-electron chi connectivity index (χ3n) is 5.27. The number of nitrogens with zero attached hydrogens (tertiary/aromatic N) is 1. The first kappa shape index (κ1) is 18.0. The standard InChI is InChI=1S/C20H21FN2O3S/c21-18-10-9-15(13-19(18)23-11-4-12-27(23,25)26)22-20(24)17-8-3-6-14-5-1-2-7-16(14)17/h1-2,5,7,9-10,13,17H,3-4,6,8,11-12H2,(H,22,24). The Labute approximate surface area is 158 Å². The van der Waals surface area contributed by atoms with Crippen molar-refractivity contribution in [1.29, 1.82) is 0 Å². The zero-order valence-corrected chi connectivity index (χ0v) is 15.6. The van der Waals surface area contributed by atoms with E-state index in [9.17, 15) is 17.6 Å². The molecule has 1 heterocycles. The molecule has 5 nitrogen and oxygen atoms in total. The average Bonchev–Trinajstić information content (AvgIpc) is 3.01. The van der Waals surface area contributed by atoms with Gasteiger partial charge in [0.2, 0.25) is 15.9 Å². The van der Waals surface area contributed by atoms with E-state index >= 15 is 0 Å². The van der Waals surface area contributed by atoms with E-state index in [-0.39, 0.29) is 29.8 Å². The van der Waals surface area contributed by atoms with Gasteiger partial charge in [0.15, 0.2) is 0 Å². The van der Waals surface area contributed by atoms with Crippen molar-refractivity contribution < 1.29 is 17.6 Å². The van der Waals surface area contributed by atoms with Crippen molar-refractivity contribution in [2.75, 3.05) is 21.9 Å². The molecule has 2 aliphatic rings. The van der Waals surface area contributed by atoms with Crippen molar-refractivity contribution in [3.05, 3.63) is 59.4 Å². The van der Waals surface area contributed by atoms with E-state index in [4.69, 9.17) is 0 Å². The zero-order valence-electron chi connectivity index (χ0n) is 14.8. The Morgan fingerprint density at radius 3 is 2.74 bits per heavy atom. The molecule has 1 fully saturated rings. The lowest BCUT2D eigenvalue weighted by Gasteiger charge is -2.25. The first-order valence-corrected chi connectivity index (χ1v) is 10.8. The maximum absolute atomic E-state index is 14.2. The number of halogens is 1. The van der Waals surface area contributed by atoms with Gasteiger partial charge in [-0.2, -0.15) is 0 Å². The third kappa shape index (κ3) is 3.43. The van der Waals surface area contributed by atoms with Gasteiger partial charge in [-0.05, 0) is 55.0 Å². The predicted octanol–water partition coefficient (Wildman–Crippen LogP) is 3.42. The number of carbonyl (C=O) groups excluding carboxylic acids is 1. The van der Waals surface area contributed by atoms with Crippen molar-refractivity contribution in [2.45, 2.75) is 31.6 Å². The summed E-state index contributed by atoms with van der Waals surface area (Å²) in [5, 5.41) is 2.84. The minimum absolute atomic E-state index is 0.00524. The molecule has 4 rings (SSSR count). The van der Waals surface area contributed by atoms with Crippen molar-refractivity contribution in [2.24, 2.45) is 0 Å². The van der Waals surface area contributed by atoms with E-state index in [1.54, 1.807) is 0 Å². The Hall–Kier alpha value is -2.41. The first-order valence-electron chi connectivity index (χ1n) is 9.14. The van der Waals surface area contributed by atoms with Crippen LogP contribution in [0.1, 0.15) is 36.3 Å². The van der Waals surface area contributed by atoms with Crippen LogP contribution in [-0.4, -0.2) is 26.6 Å². The SMILES string of the molecule is O=C(Nc1ccc(F)c(N2CCCS2(=O)=O)c1)C1CCCc2ccccc21. The fourth-order valence-electron chi connectivity index (χ4n) is 3.95. The summed E-state index contributed by atoms with van der Waals surface area (Å²) in [4.78, 5) is 12.8. The topological polar surface area (TPSA) is 66.5 Å². The summed E-state index contributed by atoms with van der Waals surface area (Å²) in [6, 6.07) is 12.0. The summed E-state index contributed by atoms with van der Waals surface area (Å²) < 4.78 is 39.5. The second kappa shape index (κ2) is 6.96. The van der Waals surface area contributed by atoms with Crippen LogP contribution in [0.15, 0.2) is 42.5 Å². The van der Waals surface area contributed by atoms with Gasteiger partial charge in [-0.1, -0.05) is 24.3 Å². The van der Waals surface area contributed by atoms with Gasteiger partial charge in [0.05, 0.1) is 17.4 Å². The largest absolute Gasteiger partial charge is 0.325 e. The first-order chi connectivity index (χ1) is 13.0. The van der Waals surface area contributed by atoms with Crippen LogP contribution in [0.25, 0.3) is 0 Å². The molecule has 2 aromatic rings. The highest BCUT2D eigenvalue weighted by Crippen LogP contribution is 2.34. The van der Waals surface area contributed by atoms with Crippen molar-refractivity contribution in [1.82, 2.24) is 0 Å². The van der Waals surface area contributed by atoms with Gasteiger partial charge in [-0.15, -0.1) is 0 Å². The molecule has 1 atom stereocenters. The number of carbonyl (C=O) groups is 1. The Morgan fingerprint density at radius 2 is 1.96 bits per heavy atom. The number of fused-ring (bicyclic) bond motifs is 1. The molecule has 1 aliphatic carbocycles. The van der Waals surface area contributed by atoms with Gasteiger partial charge in [0.1, 0.15) is 5.82 Å². The second-order valence-electron chi connectivity index (χ2n) is 7.04. The lowest BCUT2D eigenvalue weighted by molar-refractivity contribution is -0.117. The highest BCUT2D eigenvalue weighted by molar-refractivity contribution is 7.93. The molecular formula is C20H21FN2O3S. The van der Waals surface area contributed by atoms with Crippen LogP contribution in [-0.2, 0) is 21.2 Å². The number of aryl methyl sites for hydroxylation is 1. The maximum atomic E-state index is 14.2. The van der Waals surface area contributed by atoms with Crippen LogP contribution in [0, 0.1) is 5.82 Å². The molecule has 0 bridgehead atoms. The normalized spacial score (nSPS) is 20.9. The summed E-state index contributed by atoms with van der Waals surface area (Å²) in [6.07, 6.45) is 3.14. The summed E-state index contributed by atoms with van der Waals surface area (Å²) in [6.45, 7) is 0.257. The molecule has 2 aromatic carbocycles. The van der Waals surface area contributed by atoms with Crippen LogP contribution < -0.4 is 9.62 Å². The summed E-state index contributed by atoms with van der Waals surface area (Å²) in [5.41, 5.74) is 2.62. The van der Waals surface area contributed by atoms with Crippen molar-refractivity contribution >= 4 is 27.3 Å². The fourth-order valence-corrected chi connectivity index (χ4v) is 5.51. The van der Waals surface area contributed by atoms with E-state index < -0.39 is 15.8 Å². The van der Waals surface area contributed by atoms with Gasteiger partial charge < -0.3 is 5.32 Å². The second-order valence-corrected chi connectivity index (χ2v) is 9.05. The predicted molar refractivity (Wildman–Crippen MR) is 103 cm³/mol. The van der Waals surface area contributed by atoms with E-state index in [1.807, 2.05) is 24.3 Å². The minimum Gasteiger partial charge on any atom is -0.325 e. The molecule has 142 valence electrons.